The van der Waals surface area contributed by atoms with Crippen molar-refractivity contribution in [2.45, 2.75) is 30.6 Å². The molecule has 0 fully saturated rings. The summed E-state index contributed by atoms with van der Waals surface area (Å²) >= 11 is 6.14. The van der Waals surface area contributed by atoms with Gasteiger partial charge in [0.2, 0.25) is 10.0 Å². The first-order valence-electron chi connectivity index (χ1n) is 7.87. The van der Waals surface area contributed by atoms with Crippen LogP contribution in [0, 0.1) is 0 Å². The van der Waals surface area contributed by atoms with Crippen LogP contribution in [-0.2, 0) is 10.0 Å². The van der Waals surface area contributed by atoms with Crippen molar-refractivity contribution in [1.29, 1.82) is 0 Å². The molecular weight excluding hydrogens is 348 g/mol. The number of hydrogen-bond donors (Lipinski definition) is 2. The Bertz CT molecular complexity index is 822. The van der Waals surface area contributed by atoms with Crippen molar-refractivity contribution < 1.29 is 13.2 Å². The average molecular weight is 369 g/mol. The first-order valence-corrected chi connectivity index (χ1v) is 9.73. The summed E-state index contributed by atoms with van der Waals surface area (Å²) in [6.45, 7) is 0.966. The Morgan fingerprint density at radius 3 is 2.50 bits per heavy atom. The van der Waals surface area contributed by atoms with Crippen LogP contribution < -0.4 is 10.5 Å². The Labute approximate surface area is 147 Å². The molecule has 0 heterocycles. The summed E-state index contributed by atoms with van der Waals surface area (Å²) < 4.78 is 28.0. The van der Waals surface area contributed by atoms with Crippen molar-refractivity contribution >= 4 is 38.7 Å². The van der Waals surface area contributed by atoms with E-state index in [2.05, 4.69) is 4.72 Å². The lowest BCUT2D eigenvalue weighted by Crippen LogP contribution is -2.26. The van der Waals surface area contributed by atoms with Gasteiger partial charge in [0.15, 0.2) is 6.29 Å². The number of rotatable bonds is 9. The van der Waals surface area contributed by atoms with Gasteiger partial charge in [0.25, 0.3) is 0 Å². The fourth-order valence-corrected chi connectivity index (χ4v) is 4.29. The fraction of sp³-hybridized carbons (Fsp3) is 0.353. The lowest BCUT2D eigenvalue weighted by molar-refractivity contribution is 0.112. The van der Waals surface area contributed by atoms with Crippen molar-refractivity contribution in [3.63, 3.8) is 0 Å². The number of halogens is 1. The molecule has 0 aliphatic rings. The SMILES string of the molecule is NCCCCCCNS(=O)(=O)c1c(C=O)ccc2c(Cl)cccc12. The van der Waals surface area contributed by atoms with Gasteiger partial charge in [0.1, 0.15) is 4.90 Å². The summed E-state index contributed by atoms with van der Waals surface area (Å²) in [5.74, 6) is 0. The number of sulfonamides is 1. The van der Waals surface area contributed by atoms with Gasteiger partial charge in [0.05, 0.1) is 0 Å². The first kappa shape index (κ1) is 18.9. The molecular formula is C17H21ClN2O3S. The predicted octanol–water partition coefficient (Wildman–Crippen LogP) is 3.10. The van der Waals surface area contributed by atoms with E-state index in [0.29, 0.717) is 35.2 Å². The van der Waals surface area contributed by atoms with Crippen LogP contribution in [0.5, 0.6) is 0 Å². The Balaban J connectivity index is 2.28. The molecule has 7 heteroatoms. The quantitative estimate of drug-likeness (QED) is 0.525. The van der Waals surface area contributed by atoms with Gasteiger partial charge in [-0.3, -0.25) is 4.79 Å². The third-order valence-corrected chi connectivity index (χ3v) is 5.71. The molecule has 0 amide bonds. The van der Waals surface area contributed by atoms with Crippen molar-refractivity contribution in [3.05, 3.63) is 40.9 Å². The third-order valence-electron chi connectivity index (χ3n) is 3.81. The van der Waals surface area contributed by atoms with Crippen LogP contribution in [0.15, 0.2) is 35.2 Å². The summed E-state index contributed by atoms with van der Waals surface area (Å²) in [6.07, 6.45) is 4.09. The molecule has 0 spiro atoms. The van der Waals surface area contributed by atoms with E-state index in [9.17, 15) is 13.2 Å². The zero-order valence-electron chi connectivity index (χ0n) is 13.3. The second kappa shape index (κ2) is 8.58. The lowest BCUT2D eigenvalue weighted by Gasteiger charge is -2.12. The van der Waals surface area contributed by atoms with Crippen LogP contribution in [0.2, 0.25) is 5.02 Å². The minimum absolute atomic E-state index is 0.0144. The van der Waals surface area contributed by atoms with Crippen molar-refractivity contribution in [2.75, 3.05) is 13.1 Å². The standard InChI is InChI=1S/C17H21ClN2O3S/c18-16-7-5-6-15-14(16)9-8-13(12-21)17(15)24(22,23)20-11-4-2-1-3-10-19/h5-9,12,20H,1-4,10-11,19H2. The second-order valence-electron chi connectivity index (χ2n) is 5.54. The van der Waals surface area contributed by atoms with Gasteiger partial charge >= 0.3 is 0 Å². The van der Waals surface area contributed by atoms with Gasteiger partial charge in [-0.25, -0.2) is 13.1 Å². The number of hydrogen-bond acceptors (Lipinski definition) is 4. The largest absolute Gasteiger partial charge is 0.330 e. The first-order chi connectivity index (χ1) is 11.5. The number of carbonyl (C=O) groups excluding carboxylic acids is 1. The fourth-order valence-electron chi connectivity index (χ4n) is 2.60. The van der Waals surface area contributed by atoms with Gasteiger partial charge in [-0.05, 0) is 31.5 Å². The van der Waals surface area contributed by atoms with E-state index in [1.165, 1.54) is 6.07 Å². The molecule has 130 valence electrons. The highest BCUT2D eigenvalue weighted by Gasteiger charge is 2.21. The topological polar surface area (TPSA) is 89.3 Å². The zero-order chi connectivity index (χ0) is 17.6. The Kier molecular flexibility index (Phi) is 6.74. The van der Waals surface area contributed by atoms with Crippen molar-refractivity contribution in [3.8, 4) is 0 Å². The van der Waals surface area contributed by atoms with Crippen LogP contribution in [0.25, 0.3) is 10.8 Å². The van der Waals surface area contributed by atoms with Gasteiger partial charge in [-0.15, -0.1) is 0 Å². The van der Waals surface area contributed by atoms with Gasteiger partial charge in [-0.1, -0.05) is 42.6 Å². The molecule has 0 atom stereocenters. The number of unbranched alkanes of at least 4 members (excludes halogenated alkanes) is 3. The maximum Gasteiger partial charge on any atom is 0.241 e. The minimum atomic E-state index is -3.80. The summed E-state index contributed by atoms with van der Waals surface area (Å²) in [4.78, 5) is 11.3. The second-order valence-corrected chi connectivity index (χ2v) is 7.65. The molecule has 0 saturated heterocycles. The molecule has 24 heavy (non-hydrogen) atoms. The number of nitrogens with one attached hydrogen (secondary N) is 1. The molecule has 0 aliphatic heterocycles. The molecule has 2 aromatic rings. The highest BCUT2D eigenvalue weighted by Crippen LogP contribution is 2.30. The molecule has 0 unspecified atom stereocenters. The van der Waals surface area contributed by atoms with E-state index in [1.807, 2.05) is 0 Å². The molecule has 2 aromatic carbocycles. The van der Waals surface area contributed by atoms with Gasteiger partial charge in [-0.2, -0.15) is 0 Å². The summed E-state index contributed by atoms with van der Waals surface area (Å²) in [5, 5.41) is 1.50. The number of aldehydes is 1. The number of fused-ring (bicyclic) bond motifs is 1. The van der Waals surface area contributed by atoms with E-state index in [4.69, 9.17) is 17.3 Å². The summed E-state index contributed by atoms with van der Waals surface area (Å²) in [7, 11) is -3.80. The van der Waals surface area contributed by atoms with Crippen LogP contribution in [-0.4, -0.2) is 27.8 Å². The van der Waals surface area contributed by atoms with Crippen LogP contribution in [0.1, 0.15) is 36.0 Å². The van der Waals surface area contributed by atoms with E-state index >= 15 is 0 Å². The molecule has 5 nitrogen and oxygen atoms in total. The Hall–Kier alpha value is -1.47. The lowest BCUT2D eigenvalue weighted by atomic mass is 10.1. The highest BCUT2D eigenvalue weighted by atomic mass is 35.5. The molecule has 0 aliphatic carbocycles. The Morgan fingerprint density at radius 2 is 1.79 bits per heavy atom. The van der Waals surface area contributed by atoms with Crippen LogP contribution in [0.4, 0.5) is 0 Å². The molecule has 2 rings (SSSR count). The average Bonchev–Trinajstić information content (AvgIpc) is 2.57. The molecule has 0 aromatic heterocycles. The molecule has 0 saturated carbocycles. The van der Waals surface area contributed by atoms with E-state index < -0.39 is 10.0 Å². The number of carbonyl (C=O) groups is 1. The monoisotopic (exact) mass is 368 g/mol. The maximum absolute atomic E-state index is 12.7. The smallest absolute Gasteiger partial charge is 0.241 e. The molecule has 0 radical (unpaired) electrons. The Morgan fingerprint density at radius 1 is 1.04 bits per heavy atom. The third kappa shape index (κ3) is 4.33. The van der Waals surface area contributed by atoms with Crippen molar-refractivity contribution in [2.24, 2.45) is 5.73 Å². The molecule has 0 bridgehead atoms. The van der Waals surface area contributed by atoms with Gasteiger partial charge < -0.3 is 5.73 Å². The van der Waals surface area contributed by atoms with Crippen LogP contribution in [0.3, 0.4) is 0 Å². The number of nitrogens with two attached hydrogens (primary N) is 1. The minimum Gasteiger partial charge on any atom is -0.330 e. The number of benzene rings is 2. The summed E-state index contributed by atoms with van der Waals surface area (Å²) in [6, 6.07) is 8.16. The van der Waals surface area contributed by atoms with Gasteiger partial charge in [0, 0.05) is 27.9 Å². The van der Waals surface area contributed by atoms with Crippen LogP contribution >= 0.6 is 11.6 Å². The zero-order valence-corrected chi connectivity index (χ0v) is 14.9. The van der Waals surface area contributed by atoms with Crippen molar-refractivity contribution in [1.82, 2.24) is 4.72 Å². The molecule has 3 N–H and O–H groups in total. The maximum atomic E-state index is 12.7. The predicted molar refractivity (Wildman–Crippen MR) is 97.1 cm³/mol. The van der Waals surface area contributed by atoms with E-state index in [1.54, 1.807) is 24.3 Å². The van der Waals surface area contributed by atoms with E-state index in [-0.39, 0.29) is 10.5 Å². The summed E-state index contributed by atoms with van der Waals surface area (Å²) in [5.41, 5.74) is 5.56. The van der Waals surface area contributed by atoms with E-state index in [0.717, 1.165) is 25.7 Å². The normalized spacial score (nSPS) is 11.8. The highest BCUT2D eigenvalue weighted by molar-refractivity contribution is 7.89.